The van der Waals surface area contributed by atoms with Crippen LogP contribution in [-0.4, -0.2) is 20.2 Å². The molecule has 0 aliphatic heterocycles. The number of furan rings is 1. The summed E-state index contributed by atoms with van der Waals surface area (Å²) >= 11 is 1.33. The van der Waals surface area contributed by atoms with Gasteiger partial charge in [0.1, 0.15) is 11.6 Å². The molecular weight excluding hydrogens is 340 g/mol. The van der Waals surface area contributed by atoms with Crippen molar-refractivity contribution in [1.82, 2.24) is 20.2 Å². The summed E-state index contributed by atoms with van der Waals surface area (Å²) < 4.78 is 10.9. The van der Waals surface area contributed by atoms with Gasteiger partial charge in [-0.15, -0.1) is 10.2 Å². The van der Waals surface area contributed by atoms with E-state index >= 15 is 0 Å². The quantitative estimate of drug-likeness (QED) is 0.558. The molecule has 0 saturated carbocycles. The second-order valence-electron chi connectivity index (χ2n) is 5.49. The van der Waals surface area contributed by atoms with Crippen LogP contribution >= 0.6 is 11.8 Å². The average Bonchev–Trinajstić information content (AvgIpc) is 3.23. The summed E-state index contributed by atoms with van der Waals surface area (Å²) in [6.07, 6.45) is 1.58. The van der Waals surface area contributed by atoms with Crippen LogP contribution in [0.15, 0.2) is 55.4 Å². The molecule has 8 heteroatoms. The molecule has 3 aromatic heterocycles. The number of hydrogen-bond acceptors (Lipinski definition) is 7. The normalized spacial score (nSPS) is 12.6. The number of rotatable bonds is 4. The molecule has 3 heterocycles. The van der Waals surface area contributed by atoms with Crippen LogP contribution in [0.3, 0.4) is 0 Å². The van der Waals surface area contributed by atoms with Crippen LogP contribution in [0.25, 0.3) is 22.4 Å². The van der Waals surface area contributed by atoms with Crippen molar-refractivity contribution in [3.63, 3.8) is 0 Å². The predicted octanol–water partition coefficient (Wildman–Crippen LogP) is 3.73. The van der Waals surface area contributed by atoms with Crippen molar-refractivity contribution >= 4 is 22.7 Å². The van der Waals surface area contributed by atoms with E-state index in [1.807, 2.05) is 32.0 Å². The zero-order chi connectivity index (χ0) is 17.4. The lowest BCUT2D eigenvalue weighted by molar-refractivity contribution is 0.462. The van der Waals surface area contributed by atoms with E-state index in [1.54, 1.807) is 18.4 Å². The Morgan fingerprint density at radius 1 is 1.20 bits per heavy atom. The maximum absolute atomic E-state index is 12.2. The first kappa shape index (κ1) is 15.6. The molecule has 4 aromatic rings. The van der Waals surface area contributed by atoms with Gasteiger partial charge in [0.25, 0.3) is 16.7 Å². The van der Waals surface area contributed by atoms with Crippen LogP contribution in [0.2, 0.25) is 0 Å². The number of aromatic amines is 1. The summed E-state index contributed by atoms with van der Waals surface area (Å²) in [7, 11) is 0. The predicted molar refractivity (Wildman–Crippen MR) is 93.4 cm³/mol. The molecule has 0 spiro atoms. The van der Waals surface area contributed by atoms with Gasteiger partial charge >= 0.3 is 0 Å². The highest BCUT2D eigenvalue weighted by atomic mass is 32.2. The van der Waals surface area contributed by atoms with E-state index in [4.69, 9.17) is 8.83 Å². The third-order valence-electron chi connectivity index (χ3n) is 3.79. The van der Waals surface area contributed by atoms with E-state index in [9.17, 15) is 4.79 Å². The second-order valence-corrected chi connectivity index (χ2v) is 6.78. The lowest BCUT2D eigenvalue weighted by atomic mass is 10.2. The van der Waals surface area contributed by atoms with Gasteiger partial charge in [-0.1, -0.05) is 23.9 Å². The summed E-state index contributed by atoms with van der Waals surface area (Å²) in [6.45, 7) is 3.75. The molecule has 0 radical (unpaired) electrons. The topological polar surface area (TPSA) is 97.8 Å². The summed E-state index contributed by atoms with van der Waals surface area (Å²) in [6, 6.07) is 9.02. The molecule has 0 aliphatic rings. The molecule has 0 aliphatic carbocycles. The molecule has 1 atom stereocenters. The van der Waals surface area contributed by atoms with Crippen molar-refractivity contribution in [3.05, 3.63) is 58.5 Å². The van der Waals surface area contributed by atoms with Gasteiger partial charge < -0.3 is 13.8 Å². The Kier molecular flexibility index (Phi) is 3.89. The van der Waals surface area contributed by atoms with E-state index in [0.29, 0.717) is 33.6 Å². The molecule has 7 nitrogen and oxygen atoms in total. The number of thioether (sulfide) groups is 1. The van der Waals surface area contributed by atoms with Crippen LogP contribution in [0.4, 0.5) is 0 Å². The van der Waals surface area contributed by atoms with E-state index in [-0.39, 0.29) is 10.8 Å². The fraction of sp³-hybridized carbons (Fsp3) is 0.176. The fourth-order valence-corrected chi connectivity index (χ4v) is 3.22. The lowest BCUT2D eigenvalue weighted by Gasteiger charge is -2.08. The van der Waals surface area contributed by atoms with Crippen LogP contribution < -0.4 is 5.56 Å². The minimum Gasteiger partial charge on any atom is -0.469 e. The molecule has 0 bridgehead atoms. The number of fused-ring (bicyclic) bond motifs is 1. The smallest absolute Gasteiger partial charge is 0.277 e. The maximum atomic E-state index is 12.2. The van der Waals surface area contributed by atoms with Gasteiger partial charge in [0, 0.05) is 0 Å². The van der Waals surface area contributed by atoms with E-state index < -0.39 is 0 Å². The first-order chi connectivity index (χ1) is 12.1. The van der Waals surface area contributed by atoms with Crippen molar-refractivity contribution in [3.8, 4) is 11.5 Å². The molecule has 0 saturated heterocycles. The lowest BCUT2D eigenvalue weighted by Crippen LogP contribution is -2.12. The molecule has 0 amide bonds. The Balaban J connectivity index is 1.60. The van der Waals surface area contributed by atoms with E-state index in [1.165, 1.54) is 11.8 Å². The largest absolute Gasteiger partial charge is 0.469 e. The number of nitrogens with zero attached hydrogens (tertiary/aromatic N) is 3. The minimum absolute atomic E-state index is 0.156. The van der Waals surface area contributed by atoms with Crippen LogP contribution in [-0.2, 0) is 0 Å². The first-order valence-electron chi connectivity index (χ1n) is 7.65. The molecule has 25 heavy (non-hydrogen) atoms. The number of hydrogen-bond donors (Lipinski definition) is 1. The highest BCUT2D eigenvalue weighted by molar-refractivity contribution is 7.99. The third kappa shape index (κ3) is 2.96. The number of benzene rings is 1. The highest BCUT2D eigenvalue weighted by Gasteiger charge is 2.18. The maximum Gasteiger partial charge on any atom is 0.277 e. The SMILES string of the molecule is Cc1occc1-c1nnc(S[C@H](C)c2nc3ccccc3c(=O)[nH]2)o1. The Bertz CT molecular complexity index is 1100. The van der Waals surface area contributed by atoms with Gasteiger partial charge in [0.15, 0.2) is 0 Å². The molecule has 0 unspecified atom stereocenters. The van der Waals surface area contributed by atoms with Crippen molar-refractivity contribution in [2.45, 2.75) is 24.3 Å². The molecule has 0 fully saturated rings. The van der Waals surface area contributed by atoms with Crippen LogP contribution in [0, 0.1) is 6.92 Å². The second kappa shape index (κ2) is 6.21. The van der Waals surface area contributed by atoms with E-state index in [0.717, 1.165) is 5.56 Å². The standard InChI is InChI=1S/C17H14N4O3S/c1-9-11(7-8-23-9)16-20-21-17(24-16)25-10(2)14-18-13-6-4-3-5-12(13)15(22)19-14/h3-8,10H,1-2H3,(H,18,19,22)/t10-/m1/s1. The Morgan fingerprint density at radius 3 is 2.84 bits per heavy atom. The molecule has 1 N–H and O–H groups in total. The third-order valence-corrected chi connectivity index (χ3v) is 4.73. The summed E-state index contributed by atoms with van der Waals surface area (Å²) in [5.41, 5.74) is 1.27. The van der Waals surface area contributed by atoms with Crippen LogP contribution in [0.1, 0.15) is 23.8 Å². The average molecular weight is 354 g/mol. The van der Waals surface area contributed by atoms with Crippen molar-refractivity contribution in [2.75, 3.05) is 0 Å². The number of aromatic nitrogens is 4. The van der Waals surface area contributed by atoms with Crippen LogP contribution in [0.5, 0.6) is 0 Å². The minimum atomic E-state index is -0.159. The number of H-pyrrole nitrogens is 1. The van der Waals surface area contributed by atoms with Gasteiger partial charge in [-0.2, -0.15) is 0 Å². The van der Waals surface area contributed by atoms with Gasteiger partial charge in [0.2, 0.25) is 0 Å². The molecule has 1 aromatic carbocycles. The van der Waals surface area contributed by atoms with Crippen molar-refractivity contribution in [2.24, 2.45) is 0 Å². The van der Waals surface area contributed by atoms with E-state index in [2.05, 4.69) is 20.2 Å². The number of aryl methyl sites for hydroxylation is 1. The number of nitrogens with one attached hydrogen (secondary N) is 1. The van der Waals surface area contributed by atoms with Crippen molar-refractivity contribution in [1.29, 1.82) is 0 Å². The Morgan fingerprint density at radius 2 is 2.04 bits per heavy atom. The number of para-hydroxylation sites is 1. The molecule has 126 valence electrons. The van der Waals surface area contributed by atoms with Gasteiger partial charge in [-0.25, -0.2) is 4.98 Å². The summed E-state index contributed by atoms with van der Waals surface area (Å²) in [5.74, 6) is 1.68. The van der Waals surface area contributed by atoms with Crippen molar-refractivity contribution < 1.29 is 8.83 Å². The fourth-order valence-electron chi connectivity index (χ4n) is 2.48. The molecular formula is C17H14N4O3S. The zero-order valence-corrected chi connectivity index (χ0v) is 14.3. The summed E-state index contributed by atoms with van der Waals surface area (Å²) in [5, 5.41) is 8.91. The van der Waals surface area contributed by atoms with Gasteiger partial charge in [0.05, 0.1) is 28.0 Å². The Labute approximate surface area is 146 Å². The molecule has 4 rings (SSSR count). The monoisotopic (exact) mass is 354 g/mol. The highest BCUT2D eigenvalue weighted by Crippen LogP contribution is 2.34. The summed E-state index contributed by atoms with van der Waals surface area (Å²) in [4.78, 5) is 19.5. The Hall–Kier alpha value is -2.87. The zero-order valence-electron chi connectivity index (χ0n) is 13.5. The van der Waals surface area contributed by atoms with Gasteiger partial charge in [-0.05, 0) is 32.0 Å². The van der Waals surface area contributed by atoms with Gasteiger partial charge in [-0.3, -0.25) is 4.79 Å². The first-order valence-corrected chi connectivity index (χ1v) is 8.53.